The zero-order chi connectivity index (χ0) is 34.3. The lowest BCUT2D eigenvalue weighted by molar-refractivity contribution is -0.137. The number of hydrogen-bond acceptors (Lipinski definition) is 5. The molecule has 0 radical (unpaired) electrons. The van der Waals surface area contributed by atoms with Crippen LogP contribution in [0.25, 0.3) is 0 Å². The molecule has 5 rings (SSSR count). The molecule has 3 aliphatic rings. The molecular formula is C33H41ClF5N3O4S. The van der Waals surface area contributed by atoms with E-state index in [4.69, 9.17) is 16.3 Å². The van der Waals surface area contributed by atoms with E-state index in [1.54, 1.807) is 11.8 Å². The number of rotatable bonds is 8. The van der Waals surface area contributed by atoms with Crippen molar-refractivity contribution in [1.82, 2.24) is 9.80 Å². The molecule has 0 N–H and O–H groups in total. The van der Waals surface area contributed by atoms with Crippen LogP contribution in [0.2, 0.25) is 5.02 Å². The summed E-state index contributed by atoms with van der Waals surface area (Å²) in [6, 6.07) is 6.67. The average Bonchev–Trinajstić information content (AvgIpc) is 3.45. The summed E-state index contributed by atoms with van der Waals surface area (Å²) in [6.45, 7) is 1.79. The Morgan fingerprint density at radius 3 is 2.26 bits per heavy atom. The van der Waals surface area contributed by atoms with Gasteiger partial charge in [-0.2, -0.15) is 13.2 Å². The van der Waals surface area contributed by atoms with Crippen molar-refractivity contribution in [3.63, 3.8) is 0 Å². The molecule has 260 valence electrons. The molecule has 0 aromatic heterocycles. The first-order valence-corrected chi connectivity index (χ1v) is 18.1. The zero-order valence-corrected chi connectivity index (χ0v) is 28.3. The third-order valence-corrected chi connectivity index (χ3v) is 11.6. The fourth-order valence-corrected chi connectivity index (χ4v) is 8.64. The van der Waals surface area contributed by atoms with Gasteiger partial charge in [-0.15, -0.1) is 0 Å². The van der Waals surface area contributed by atoms with E-state index in [1.165, 1.54) is 24.3 Å². The van der Waals surface area contributed by atoms with Gasteiger partial charge in [-0.25, -0.2) is 17.2 Å². The number of aryl methyl sites for hydroxylation is 1. The van der Waals surface area contributed by atoms with Crippen LogP contribution in [0.4, 0.5) is 27.6 Å². The summed E-state index contributed by atoms with van der Waals surface area (Å²) in [4.78, 5) is 18.2. The van der Waals surface area contributed by atoms with Crippen molar-refractivity contribution in [2.75, 3.05) is 50.5 Å². The minimum absolute atomic E-state index is 0.00640. The van der Waals surface area contributed by atoms with Crippen LogP contribution in [0, 0.1) is 24.5 Å². The largest absolute Gasteiger partial charge is 0.407 e. The Labute approximate surface area is 278 Å². The van der Waals surface area contributed by atoms with Crippen LogP contribution in [0.5, 0.6) is 0 Å². The number of piperidine rings is 1. The number of alkyl halides is 3. The van der Waals surface area contributed by atoms with Crippen LogP contribution in [0.15, 0.2) is 30.3 Å². The van der Waals surface area contributed by atoms with Crippen LogP contribution < -0.4 is 4.31 Å². The number of sulfonamides is 1. The van der Waals surface area contributed by atoms with Crippen LogP contribution in [0.1, 0.15) is 67.1 Å². The summed E-state index contributed by atoms with van der Waals surface area (Å²) in [5.74, 6) is -2.87. The number of ether oxygens (including phenoxy) is 1. The van der Waals surface area contributed by atoms with Gasteiger partial charge in [0.15, 0.2) is 0 Å². The molecule has 3 atom stereocenters. The summed E-state index contributed by atoms with van der Waals surface area (Å²) in [6.07, 6.45) is -0.532. The van der Waals surface area contributed by atoms with Crippen molar-refractivity contribution >= 4 is 33.2 Å². The predicted octanol–water partition coefficient (Wildman–Crippen LogP) is 6.63. The van der Waals surface area contributed by atoms with Gasteiger partial charge in [-0.3, -0.25) is 9.10 Å². The molecule has 2 aromatic rings. The zero-order valence-electron chi connectivity index (χ0n) is 26.7. The van der Waals surface area contributed by atoms with E-state index in [0.717, 1.165) is 25.2 Å². The Morgan fingerprint density at radius 1 is 1.00 bits per heavy atom. The normalized spacial score (nSPS) is 23.4. The van der Waals surface area contributed by atoms with Crippen LogP contribution in [-0.4, -0.2) is 88.5 Å². The van der Waals surface area contributed by atoms with E-state index >= 15 is 4.39 Å². The third kappa shape index (κ3) is 8.22. The first kappa shape index (κ1) is 35.8. The van der Waals surface area contributed by atoms with Crippen molar-refractivity contribution in [3.8, 4) is 0 Å². The molecule has 1 saturated carbocycles. The SMILES string of the molecule is Cc1cc(N(CC(F)(F)F)S(C)(=O)=O)c(C2CCN(C(=O)C3CC(N(C)C4CCOCC4)C[C@H]3c3ccc(F)cc3F)CC2)cc1Cl. The number of hydrogen-bond donors (Lipinski definition) is 0. The molecule has 1 aliphatic carbocycles. The molecule has 2 aromatic carbocycles. The molecule has 2 unspecified atom stereocenters. The number of benzene rings is 2. The van der Waals surface area contributed by atoms with Crippen LogP contribution in [0.3, 0.4) is 0 Å². The first-order valence-electron chi connectivity index (χ1n) is 15.9. The van der Waals surface area contributed by atoms with E-state index in [9.17, 15) is 30.8 Å². The lowest BCUT2D eigenvalue weighted by atomic mass is 9.85. The number of carbonyl (C=O) groups excluding carboxylic acids is 1. The van der Waals surface area contributed by atoms with E-state index in [0.29, 0.717) is 64.9 Å². The van der Waals surface area contributed by atoms with Gasteiger partial charge in [-0.05, 0) is 99.2 Å². The van der Waals surface area contributed by atoms with Crippen molar-refractivity contribution in [2.24, 2.45) is 5.92 Å². The van der Waals surface area contributed by atoms with E-state index in [2.05, 4.69) is 4.90 Å². The van der Waals surface area contributed by atoms with Gasteiger partial charge in [0.2, 0.25) is 15.9 Å². The number of nitrogens with zero attached hydrogens (tertiary/aromatic N) is 3. The smallest absolute Gasteiger partial charge is 0.381 e. The van der Waals surface area contributed by atoms with Gasteiger partial charge in [0.1, 0.15) is 18.2 Å². The van der Waals surface area contributed by atoms with Gasteiger partial charge in [0.05, 0.1) is 11.9 Å². The fourth-order valence-electron chi connectivity index (χ4n) is 7.57. The second-order valence-electron chi connectivity index (χ2n) is 13.2. The molecule has 2 heterocycles. The molecule has 7 nitrogen and oxygen atoms in total. The standard InChI is InChI=1S/C33H41ClF5N3O4S/c1-20-14-31(42(47(3,44)45)19-33(37,38)39)26(18-29(20)34)21-6-10-41(11-7-21)32(43)28-17-24(40(2)23-8-12-46-13-9-23)16-27(28)25-5-4-22(35)15-30(25)36/h4-5,14-15,18,21,23-24,27-28H,6-13,16-17,19H2,1-3H3/t24?,27-,28?/m0/s1. The molecule has 14 heteroatoms. The van der Waals surface area contributed by atoms with Crippen LogP contribution >= 0.6 is 11.6 Å². The maximum Gasteiger partial charge on any atom is 0.407 e. The topological polar surface area (TPSA) is 70.2 Å². The number of likely N-dealkylation sites (tertiary alicyclic amines) is 1. The summed E-state index contributed by atoms with van der Waals surface area (Å²) < 4.78 is 101. The molecule has 1 amide bonds. The number of anilines is 1. The molecule has 47 heavy (non-hydrogen) atoms. The summed E-state index contributed by atoms with van der Waals surface area (Å²) >= 11 is 6.39. The lowest BCUT2D eigenvalue weighted by Crippen LogP contribution is -2.44. The Kier molecular flexibility index (Phi) is 10.8. The van der Waals surface area contributed by atoms with Gasteiger partial charge in [0.25, 0.3) is 0 Å². The van der Waals surface area contributed by atoms with Gasteiger partial charge >= 0.3 is 6.18 Å². The molecule has 2 saturated heterocycles. The number of amides is 1. The highest BCUT2D eigenvalue weighted by atomic mass is 35.5. The van der Waals surface area contributed by atoms with Crippen molar-refractivity contribution < 1.29 is 39.9 Å². The highest BCUT2D eigenvalue weighted by Gasteiger charge is 2.45. The summed E-state index contributed by atoms with van der Waals surface area (Å²) in [5.41, 5.74) is 1.06. The van der Waals surface area contributed by atoms with E-state index < -0.39 is 46.2 Å². The highest BCUT2D eigenvalue weighted by molar-refractivity contribution is 7.92. The summed E-state index contributed by atoms with van der Waals surface area (Å²) in [5, 5.41) is 0.303. The minimum atomic E-state index is -4.78. The van der Waals surface area contributed by atoms with Gasteiger partial charge < -0.3 is 14.5 Å². The Balaban J connectivity index is 1.37. The quantitative estimate of drug-likeness (QED) is 0.289. The van der Waals surface area contributed by atoms with E-state index in [-0.39, 0.29) is 42.7 Å². The average molecular weight is 706 g/mol. The maximum absolute atomic E-state index is 15.1. The number of halogens is 6. The maximum atomic E-state index is 15.1. The third-order valence-electron chi connectivity index (χ3n) is 10.1. The van der Waals surface area contributed by atoms with Crippen LogP contribution in [-0.2, 0) is 19.6 Å². The molecular weight excluding hydrogens is 665 g/mol. The summed E-state index contributed by atoms with van der Waals surface area (Å²) in [7, 11) is -2.27. The van der Waals surface area contributed by atoms with Gasteiger partial charge in [-0.1, -0.05) is 17.7 Å². The van der Waals surface area contributed by atoms with Crippen molar-refractivity contribution in [3.05, 3.63) is 63.7 Å². The first-order chi connectivity index (χ1) is 22.0. The highest BCUT2D eigenvalue weighted by Crippen LogP contribution is 2.46. The second-order valence-corrected chi connectivity index (χ2v) is 15.5. The molecule has 0 spiro atoms. The van der Waals surface area contributed by atoms with Crippen molar-refractivity contribution in [1.29, 1.82) is 0 Å². The monoisotopic (exact) mass is 705 g/mol. The Morgan fingerprint density at radius 2 is 1.66 bits per heavy atom. The second kappa shape index (κ2) is 14.2. The van der Waals surface area contributed by atoms with Crippen molar-refractivity contribution in [2.45, 2.75) is 75.5 Å². The fraction of sp³-hybridized carbons (Fsp3) is 0.606. The molecule has 3 fully saturated rings. The van der Waals surface area contributed by atoms with E-state index in [1.807, 2.05) is 7.05 Å². The van der Waals surface area contributed by atoms with Gasteiger partial charge in [0, 0.05) is 55.4 Å². The number of carbonyl (C=O) groups is 1. The minimum Gasteiger partial charge on any atom is -0.381 e. The predicted molar refractivity (Wildman–Crippen MR) is 170 cm³/mol. The molecule has 0 bridgehead atoms. The Hall–Kier alpha value is -2.48. The molecule has 2 aliphatic heterocycles. The lowest BCUT2D eigenvalue weighted by Gasteiger charge is -2.37. The Bertz CT molecular complexity index is 1560.